The Morgan fingerprint density at radius 1 is 1.41 bits per heavy atom. The number of likely N-dealkylation sites (N-methyl/N-ethyl adjacent to an activating group) is 1. The molecule has 0 heterocycles. The summed E-state index contributed by atoms with van der Waals surface area (Å²) in [6.45, 7) is 4.38. The van der Waals surface area contributed by atoms with Gasteiger partial charge in [-0.3, -0.25) is 9.59 Å². The monoisotopic (exact) mass is 241 g/mol. The highest BCUT2D eigenvalue weighted by Crippen LogP contribution is 2.18. The Morgan fingerprint density at radius 2 is 2.00 bits per heavy atom. The Morgan fingerprint density at radius 3 is 2.41 bits per heavy atom. The third kappa shape index (κ3) is 4.34. The zero-order valence-corrected chi connectivity index (χ0v) is 10.9. The fourth-order valence-electron chi connectivity index (χ4n) is 1.74. The van der Waals surface area contributed by atoms with Crippen LogP contribution in [0, 0.1) is 11.8 Å². The summed E-state index contributed by atoms with van der Waals surface area (Å²) >= 11 is 0. The maximum absolute atomic E-state index is 12.0. The van der Waals surface area contributed by atoms with Crippen molar-refractivity contribution in [2.75, 3.05) is 20.1 Å². The first-order valence-corrected chi connectivity index (χ1v) is 6.20. The van der Waals surface area contributed by atoms with Crippen LogP contribution in [-0.2, 0) is 9.59 Å². The first-order chi connectivity index (χ1) is 7.95. The minimum absolute atomic E-state index is 0.0477. The van der Waals surface area contributed by atoms with Crippen molar-refractivity contribution < 1.29 is 9.59 Å². The second kappa shape index (κ2) is 6.00. The molecule has 1 atom stereocenters. The van der Waals surface area contributed by atoms with E-state index in [0.717, 1.165) is 12.8 Å². The van der Waals surface area contributed by atoms with Gasteiger partial charge in [-0.25, -0.2) is 0 Å². The molecule has 0 aromatic heterocycles. The normalized spacial score (nSPS) is 16.8. The Labute approximate surface area is 103 Å². The van der Waals surface area contributed by atoms with Crippen LogP contribution in [0.2, 0.25) is 0 Å². The largest absolute Gasteiger partial charge is 0.352 e. The summed E-state index contributed by atoms with van der Waals surface area (Å²) in [6.07, 6.45) is 2.11. The lowest BCUT2D eigenvalue weighted by Crippen LogP contribution is -2.44. The van der Waals surface area contributed by atoms with Gasteiger partial charge in [0.05, 0.1) is 12.5 Å². The van der Waals surface area contributed by atoms with Crippen molar-refractivity contribution in [3.8, 4) is 0 Å². The number of nitrogens with one attached hydrogen (secondary N) is 1. The van der Waals surface area contributed by atoms with Crippen LogP contribution in [0.3, 0.4) is 0 Å². The van der Waals surface area contributed by atoms with Gasteiger partial charge < -0.3 is 16.0 Å². The second-order valence-electron chi connectivity index (χ2n) is 5.12. The van der Waals surface area contributed by atoms with Crippen LogP contribution in [0.5, 0.6) is 0 Å². The molecule has 2 amide bonds. The van der Waals surface area contributed by atoms with Crippen LogP contribution < -0.4 is 11.1 Å². The summed E-state index contributed by atoms with van der Waals surface area (Å²) in [5, 5.41) is 2.86. The van der Waals surface area contributed by atoms with Crippen molar-refractivity contribution >= 4 is 11.8 Å². The molecule has 1 aliphatic rings. The third-order valence-electron chi connectivity index (χ3n) is 3.08. The Kier molecular flexibility index (Phi) is 4.93. The van der Waals surface area contributed by atoms with E-state index in [9.17, 15) is 9.59 Å². The van der Waals surface area contributed by atoms with Gasteiger partial charge in [0.15, 0.2) is 0 Å². The average Bonchev–Trinajstić information content (AvgIpc) is 3.01. The Bertz CT molecular complexity index is 287. The van der Waals surface area contributed by atoms with Gasteiger partial charge in [0.2, 0.25) is 11.8 Å². The Hall–Kier alpha value is -1.10. The lowest BCUT2D eigenvalue weighted by Gasteiger charge is -2.24. The van der Waals surface area contributed by atoms with Crippen LogP contribution in [0.4, 0.5) is 0 Å². The summed E-state index contributed by atoms with van der Waals surface area (Å²) in [4.78, 5) is 25.0. The predicted molar refractivity (Wildman–Crippen MR) is 66.2 cm³/mol. The molecule has 5 heteroatoms. The maximum Gasteiger partial charge on any atom is 0.239 e. The van der Waals surface area contributed by atoms with Crippen LogP contribution >= 0.6 is 0 Å². The third-order valence-corrected chi connectivity index (χ3v) is 3.08. The molecule has 0 saturated heterocycles. The predicted octanol–water partition coefficient (Wildman–Crippen LogP) is -0.0457. The van der Waals surface area contributed by atoms with E-state index in [1.807, 2.05) is 13.8 Å². The average molecular weight is 241 g/mol. The number of carbonyl (C=O) groups is 2. The first kappa shape index (κ1) is 14.0. The molecular formula is C12H23N3O2. The van der Waals surface area contributed by atoms with Crippen LogP contribution in [0.25, 0.3) is 0 Å². The first-order valence-electron chi connectivity index (χ1n) is 6.20. The number of nitrogens with two attached hydrogens (primary N) is 1. The molecule has 0 bridgehead atoms. The number of carbonyl (C=O) groups excluding carboxylic acids is 2. The molecule has 0 aromatic carbocycles. The van der Waals surface area contributed by atoms with Crippen LogP contribution in [-0.4, -0.2) is 42.9 Å². The highest BCUT2D eigenvalue weighted by atomic mass is 16.2. The van der Waals surface area contributed by atoms with Gasteiger partial charge in [-0.15, -0.1) is 0 Å². The lowest BCUT2D eigenvalue weighted by atomic mass is 9.94. The van der Waals surface area contributed by atoms with Gasteiger partial charge in [0.1, 0.15) is 0 Å². The van der Waals surface area contributed by atoms with E-state index in [2.05, 4.69) is 5.32 Å². The van der Waals surface area contributed by atoms with Crippen molar-refractivity contribution in [3.63, 3.8) is 0 Å². The molecule has 0 aromatic rings. The van der Waals surface area contributed by atoms with Gasteiger partial charge in [-0.2, -0.15) is 0 Å². The molecule has 3 N–H and O–H groups in total. The molecule has 0 spiro atoms. The zero-order chi connectivity index (χ0) is 13.0. The second-order valence-corrected chi connectivity index (χ2v) is 5.12. The van der Waals surface area contributed by atoms with E-state index in [1.165, 1.54) is 4.90 Å². The maximum atomic E-state index is 12.0. The van der Waals surface area contributed by atoms with E-state index < -0.39 is 0 Å². The molecule has 1 aliphatic carbocycles. The Balaban J connectivity index is 2.41. The van der Waals surface area contributed by atoms with E-state index in [1.54, 1.807) is 7.05 Å². The van der Waals surface area contributed by atoms with Crippen molar-refractivity contribution in [2.24, 2.45) is 17.6 Å². The molecule has 0 aliphatic heterocycles. The summed E-state index contributed by atoms with van der Waals surface area (Å²) in [7, 11) is 1.65. The highest BCUT2D eigenvalue weighted by molar-refractivity contribution is 5.86. The summed E-state index contributed by atoms with van der Waals surface area (Å²) in [5.74, 6) is -0.133. The molecule has 1 saturated carbocycles. The topological polar surface area (TPSA) is 75.4 Å². The van der Waals surface area contributed by atoms with Crippen molar-refractivity contribution in [1.82, 2.24) is 10.2 Å². The van der Waals surface area contributed by atoms with Gasteiger partial charge in [0.25, 0.3) is 0 Å². The molecule has 1 fully saturated rings. The number of rotatable bonds is 6. The van der Waals surface area contributed by atoms with Gasteiger partial charge in [-0.1, -0.05) is 13.8 Å². The molecule has 0 radical (unpaired) electrons. The number of nitrogens with zero attached hydrogens (tertiary/aromatic N) is 1. The SMILES string of the molecule is CC(C)C(CN)C(=O)N(C)CC(=O)NC1CC1. The minimum Gasteiger partial charge on any atom is -0.352 e. The molecule has 98 valence electrons. The summed E-state index contributed by atoms with van der Waals surface area (Å²) in [5.41, 5.74) is 5.59. The highest BCUT2D eigenvalue weighted by Gasteiger charge is 2.27. The number of hydrogen-bond acceptors (Lipinski definition) is 3. The fourth-order valence-corrected chi connectivity index (χ4v) is 1.74. The summed E-state index contributed by atoms with van der Waals surface area (Å²) < 4.78 is 0. The van der Waals surface area contributed by atoms with Gasteiger partial charge in [0, 0.05) is 19.6 Å². The summed E-state index contributed by atoms with van der Waals surface area (Å²) in [6, 6.07) is 0.335. The van der Waals surface area contributed by atoms with Gasteiger partial charge >= 0.3 is 0 Å². The quantitative estimate of drug-likeness (QED) is 0.685. The standard InChI is InChI=1S/C12H23N3O2/c1-8(2)10(6-13)12(17)15(3)7-11(16)14-9-4-5-9/h8-10H,4-7,13H2,1-3H3,(H,14,16). The minimum atomic E-state index is -0.200. The lowest BCUT2D eigenvalue weighted by molar-refractivity contribution is -0.139. The zero-order valence-electron chi connectivity index (χ0n) is 10.9. The molecule has 1 unspecified atom stereocenters. The van der Waals surface area contributed by atoms with Crippen molar-refractivity contribution in [2.45, 2.75) is 32.7 Å². The van der Waals surface area contributed by atoms with E-state index in [0.29, 0.717) is 12.6 Å². The van der Waals surface area contributed by atoms with E-state index in [4.69, 9.17) is 5.73 Å². The van der Waals surface area contributed by atoms with E-state index >= 15 is 0 Å². The van der Waals surface area contributed by atoms with Crippen molar-refractivity contribution in [1.29, 1.82) is 0 Å². The van der Waals surface area contributed by atoms with Crippen molar-refractivity contribution in [3.05, 3.63) is 0 Å². The number of amides is 2. The smallest absolute Gasteiger partial charge is 0.239 e. The molecule has 5 nitrogen and oxygen atoms in total. The van der Waals surface area contributed by atoms with Gasteiger partial charge in [-0.05, 0) is 18.8 Å². The fraction of sp³-hybridized carbons (Fsp3) is 0.833. The van der Waals surface area contributed by atoms with E-state index in [-0.39, 0.29) is 30.2 Å². The van der Waals surface area contributed by atoms with Crippen LogP contribution in [0.1, 0.15) is 26.7 Å². The molecule has 1 rings (SSSR count). The van der Waals surface area contributed by atoms with Crippen LogP contribution in [0.15, 0.2) is 0 Å². The molecular weight excluding hydrogens is 218 g/mol. The number of hydrogen-bond donors (Lipinski definition) is 2. The molecule has 17 heavy (non-hydrogen) atoms.